The van der Waals surface area contributed by atoms with Crippen LogP contribution in [0.2, 0.25) is 0 Å². The Morgan fingerprint density at radius 3 is 2.89 bits per heavy atom. The predicted molar refractivity (Wildman–Crippen MR) is 78.0 cm³/mol. The van der Waals surface area contributed by atoms with Gasteiger partial charge in [0, 0.05) is 29.5 Å². The second-order valence-electron chi connectivity index (χ2n) is 5.32. The monoisotopic (exact) mass is 391 g/mol. The molecule has 2 aliphatic rings. The van der Waals surface area contributed by atoms with Gasteiger partial charge < -0.3 is 19.8 Å². The molecule has 6 heteroatoms. The van der Waals surface area contributed by atoms with Gasteiger partial charge >= 0.3 is 0 Å². The van der Waals surface area contributed by atoms with E-state index in [9.17, 15) is 10.2 Å². The SMILES string of the molecule is CN1CCC2(O)Oc3c(Br)cc(Br)cc3C(O)C2C1. The Bertz CT molecular complexity index is 525. The minimum absolute atomic E-state index is 0.333. The maximum atomic E-state index is 10.7. The van der Waals surface area contributed by atoms with E-state index in [2.05, 4.69) is 36.8 Å². The summed E-state index contributed by atoms with van der Waals surface area (Å²) >= 11 is 6.84. The Balaban J connectivity index is 2.09. The number of rotatable bonds is 0. The zero-order chi connectivity index (χ0) is 13.8. The van der Waals surface area contributed by atoms with Crippen LogP contribution in [0.4, 0.5) is 0 Å². The molecule has 0 radical (unpaired) electrons. The number of hydrogen-bond donors (Lipinski definition) is 2. The maximum absolute atomic E-state index is 10.7. The number of aliphatic hydroxyl groups excluding tert-OH is 1. The second kappa shape index (κ2) is 4.70. The average Bonchev–Trinajstić information content (AvgIpc) is 2.34. The minimum atomic E-state index is -1.28. The summed E-state index contributed by atoms with van der Waals surface area (Å²) in [5.41, 5.74) is 0.714. The van der Waals surface area contributed by atoms with Crippen molar-refractivity contribution in [3.63, 3.8) is 0 Å². The molecule has 0 aromatic heterocycles. The van der Waals surface area contributed by atoms with E-state index in [0.29, 0.717) is 24.3 Å². The molecule has 0 spiro atoms. The highest BCUT2D eigenvalue weighted by molar-refractivity contribution is 9.11. The van der Waals surface area contributed by atoms with Gasteiger partial charge in [0.05, 0.1) is 16.5 Å². The fourth-order valence-corrected chi connectivity index (χ4v) is 4.22. The molecular weight excluding hydrogens is 378 g/mol. The van der Waals surface area contributed by atoms with E-state index < -0.39 is 11.9 Å². The number of piperidine rings is 1. The number of aliphatic hydroxyl groups is 2. The summed E-state index contributed by atoms with van der Waals surface area (Å²) < 4.78 is 7.44. The molecular formula is C13H15Br2NO3. The van der Waals surface area contributed by atoms with E-state index >= 15 is 0 Å². The number of halogens is 2. The molecule has 1 saturated heterocycles. The molecule has 3 atom stereocenters. The highest BCUT2D eigenvalue weighted by Crippen LogP contribution is 2.49. The minimum Gasteiger partial charge on any atom is -0.460 e. The molecule has 1 aromatic rings. The van der Waals surface area contributed by atoms with E-state index in [1.54, 1.807) is 0 Å². The van der Waals surface area contributed by atoms with E-state index in [1.807, 2.05) is 19.2 Å². The molecule has 2 heterocycles. The summed E-state index contributed by atoms with van der Waals surface area (Å²) in [6, 6.07) is 3.70. The van der Waals surface area contributed by atoms with Crippen LogP contribution < -0.4 is 4.74 Å². The molecule has 19 heavy (non-hydrogen) atoms. The van der Waals surface area contributed by atoms with Crippen molar-refractivity contribution in [3.8, 4) is 5.75 Å². The topological polar surface area (TPSA) is 52.9 Å². The molecule has 0 aliphatic carbocycles. The summed E-state index contributed by atoms with van der Waals surface area (Å²) in [5, 5.41) is 21.3. The molecule has 4 nitrogen and oxygen atoms in total. The van der Waals surface area contributed by atoms with Gasteiger partial charge in [-0.25, -0.2) is 0 Å². The normalized spacial score (nSPS) is 34.4. The summed E-state index contributed by atoms with van der Waals surface area (Å²) in [5.74, 6) is -1.08. The van der Waals surface area contributed by atoms with Crippen molar-refractivity contribution in [2.45, 2.75) is 18.3 Å². The van der Waals surface area contributed by atoms with E-state index in [4.69, 9.17) is 4.74 Å². The van der Waals surface area contributed by atoms with Gasteiger partial charge in [-0.3, -0.25) is 0 Å². The highest BCUT2D eigenvalue weighted by atomic mass is 79.9. The molecule has 0 amide bonds. The smallest absolute Gasteiger partial charge is 0.216 e. The van der Waals surface area contributed by atoms with Gasteiger partial charge in [-0.1, -0.05) is 15.9 Å². The first-order valence-electron chi connectivity index (χ1n) is 6.17. The lowest BCUT2D eigenvalue weighted by Gasteiger charge is -2.48. The Labute approximate surface area is 128 Å². The Morgan fingerprint density at radius 1 is 1.42 bits per heavy atom. The van der Waals surface area contributed by atoms with Crippen molar-refractivity contribution in [2.24, 2.45) is 5.92 Å². The van der Waals surface area contributed by atoms with E-state index in [0.717, 1.165) is 15.5 Å². The van der Waals surface area contributed by atoms with Gasteiger partial charge in [-0.05, 0) is 35.1 Å². The van der Waals surface area contributed by atoms with Crippen molar-refractivity contribution in [1.29, 1.82) is 0 Å². The van der Waals surface area contributed by atoms with Crippen molar-refractivity contribution in [3.05, 3.63) is 26.6 Å². The number of benzene rings is 1. The van der Waals surface area contributed by atoms with Gasteiger partial charge in [0.1, 0.15) is 5.75 Å². The van der Waals surface area contributed by atoms with Gasteiger partial charge in [0.25, 0.3) is 0 Å². The third-order valence-corrected chi connectivity index (χ3v) is 5.00. The van der Waals surface area contributed by atoms with Crippen LogP contribution in [-0.2, 0) is 0 Å². The Hall–Kier alpha value is -0.140. The number of nitrogens with zero attached hydrogens (tertiary/aromatic N) is 1. The van der Waals surface area contributed by atoms with Crippen LogP contribution >= 0.6 is 31.9 Å². The molecule has 3 rings (SSSR count). The van der Waals surface area contributed by atoms with Gasteiger partial charge in [-0.2, -0.15) is 0 Å². The predicted octanol–water partition coefficient (Wildman–Crippen LogP) is 2.28. The molecule has 2 N–H and O–H groups in total. The quantitative estimate of drug-likeness (QED) is 0.711. The summed E-state index contributed by atoms with van der Waals surface area (Å²) in [4.78, 5) is 2.10. The van der Waals surface area contributed by atoms with Crippen LogP contribution in [0, 0.1) is 5.92 Å². The summed E-state index contributed by atoms with van der Waals surface area (Å²) in [7, 11) is 1.98. The lowest BCUT2D eigenvalue weighted by atomic mass is 9.81. The van der Waals surface area contributed by atoms with E-state index in [-0.39, 0.29) is 5.92 Å². The fourth-order valence-electron chi connectivity index (χ4n) is 2.88. The lowest BCUT2D eigenvalue weighted by Crippen LogP contribution is -2.58. The second-order valence-corrected chi connectivity index (χ2v) is 7.09. The molecule has 104 valence electrons. The third kappa shape index (κ3) is 2.23. The molecule has 0 saturated carbocycles. The molecule has 1 fully saturated rings. The van der Waals surface area contributed by atoms with Crippen molar-refractivity contribution < 1.29 is 14.9 Å². The number of ether oxygens (including phenoxy) is 1. The summed E-state index contributed by atoms with van der Waals surface area (Å²) in [6.45, 7) is 1.37. The Kier molecular flexibility index (Phi) is 3.42. The average molecular weight is 393 g/mol. The Morgan fingerprint density at radius 2 is 2.16 bits per heavy atom. The molecule has 0 bridgehead atoms. The number of likely N-dealkylation sites (tertiary alicyclic amines) is 1. The van der Waals surface area contributed by atoms with Crippen LogP contribution in [0.3, 0.4) is 0 Å². The van der Waals surface area contributed by atoms with Gasteiger partial charge in [0.15, 0.2) is 0 Å². The van der Waals surface area contributed by atoms with Crippen LogP contribution in [0.5, 0.6) is 5.75 Å². The maximum Gasteiger partial charge on any atom is 0.216 e. The first kappa shape index (κ1) is 13.8. The van der Waals surface area contributed by atoms with Crippen molar-refractivity contribution >= 4 is 31.9 Å². The van der Waals surface area contributed by atoms with E-state index in [1.165, 1.54) is 0 Å². The van der Waals surface area contributed by atoms with Crippen LogP contribution in [0.25, 0.3) is 0 Å². The largest absolute Gasteiger partial charge is 0.460 e. The number of fused-ring (bicyclic) bond motifs is 2. The van der Waals surface area contributed by atoms with Crippen molar-refractivity contribution in [2.75, 3.05) is 20.1 Å². The van der Waals surface area contributed by atoms with Crippen LogP contribution in [0.1, 0.15) is 18.1 Å². The summed E-state index contributed by atoms with van der Waals surface area (Å²) in [6.07, 6.45) is -0.238. The van der Waals surface area contributed by atoms with Crippen LogP contribution in [0.15, 0.2) is 21.1 Å². The zero-order valence-corrected chi connectivity index (χ0v) is 13.6. The first-order valence-corrected chi connectivity index (χ1v) is 7.76. The van der Waals surface area contributed by atoms with Crippen molar-refractivity contribution in [1.82, 2.24) is 4.90 Å². The zero-order valence-electron chi connectivity index (χ0n) is 10.4. The lowest BCUT2D eigenvalue weighted by molar-refractivity contribution is -0.239. The molecule has 3 unspecified atom stereocenters. The van der Waals surface area contributed by atoms with Crippen LogP contribution in [-0.4, -0.2) is 41.0 Å². The standard InChI is InChI=1S/C13H15Br2NO3/c1-16-3-2-13(18)9(6-16)11(17)8-4-7(14)5-10(15)12(8)19-13/h4-5,9,11,17-18H,2-3,6H2,1H3. The van der Waals surface area contributed by atoms with Gasteiger partial charge in [-0.15, -0.1) is 0 Å². The number of hydrogen-bond acceptors (Lipinski definition) is 4. The third-order valence-electron chi connectivity index (χ3n) is 3.96. The fraction of sp³-hybridized carbons (Fsp3) is 0.538. The molecule has 2 aliphatic heterocycles. The molecule has 1 aromatic carbocycles. The van der Waals surface area contributed by atoms with Gasteiger partial charge in [0.2, 0.25) is 5.79 Å². The first-order chi connectivity index (χ1) is 8.90. The highest BCUT2D eigenvalue weighted by Gasteiger charge is 2.51.